The van der Waals surface area contributed by atoms with E-state index in [1.54, 1.807) is 11.0 Å². The van der Waals surface area contributed by atoms with Crippen molar-refractivity contribution in [3.8, 4) is 5.75 Å². The third-order valence-electron chi connectivity index (χ3n) is 6.27. The molecule has 5 nitrogen and oxygen atoms in total. The summed E-state index contributed by atoms with van der Waals surface area (Å²) in [5, 5.41) is 11.3. The first kappa shape index (κ1) is 25.5. The number of ether oxygens (including phenoxy) is 1. The molecule has 1 heterocycles. The number of carbonyl (C=O) groups is 2. The van der Waals surface area contributed by atoms with Crippen LogP contribution in [-0.4, -0.2) is 34.8 Å². The number of hydrogen-bond acceptors (Lipinski definition) is 4. The highest BCUT2D eigenvalue weighted by atomic mass is 16.5. The maximum atomic E-state index is 13.2. The Labute approximate surface area is 203 Å². The van der Waals surface area contributed by atoms with Gasteiger partial charge in [-0.1, -0.05) is 64.8 Å². The van der Waals surface area contributed by atoms with Crippen molar-refractivity contribution in [2.45, 2.75) is 66.3 Å². The zero-order chi connectivity index (χ0) is 24.8. The van der Waals surface area contributed by atoms with Crippen LogP contribution in [0.2, 0.25) is 0 Å². The van der Waals surface area contributed by atoms with Gasteiger partial charge in [0.25, 0.3) is 11.7 Å². The first-order chi connectivity index (χ1) is 16.3. The number of unbranched alkanes of at least 4 members (excludes halogenated alkanes) is 2. The number of ketones is 1. The van der Waals surface area contributed by atoms with Crippen LogP contribution in [-0.2, 0) is 16.0 Å². The molecule has 0 saturated carbocycles. The molecule has 1 fully saturated rings. The van der Waals surface area contributed by atoms with Crippen molar-refractivity contribution in [1.82, 2.24) is 4.90 Å². The number of rotatable bonds is 10. The van der Waals surface area contributed by atoms with Crippen LogP contribution in [0.1, 0.15) is 75.3 Å². The lowest BCUT2D eigenvalue weighted by Crippen LogP contribution is -2.30. The number of likely N-dealkylation sites (tertiary alicyclic amines) is 1. The number of carbonyl (C=O) groups excluding carboxylic acids is 2. The third-order valence-corrected chi connectivity index (χ3v) is 6.27. The Balaban J connectivity index is 2.05. The Morgan fingerprint density at radius 3 is 2.35 bits per heavy atom. The van der Waals surface area contributed by atoms with Gasteiger partial charge in [-0.2, -0.15) is 0 Å². The van der Waals surface area contributed by atoms with Crippen LogP contribution >= 0.6 is 0 Å². The van der Waals surface area contributed by atoms with E-state index in [4.69, 9.17) is 4.74 Å². The lowest BCUT2D eigenvalue weighted by Gasteiger charge is -2.25. The first-order valence-electron chi connectivity index (χ1n) is 12.4. The predicted octanol–water partition coefficient (Wildman–Crippen LogP) is 6.20. The van der Waals surface area contributed by atoms with Crippen LogP contribution in [0.3, 0.4) is 0 Å². The molecule has 1 N–H and O–H groups in total. The van der Waals surface area contributed by atoms with Gasteiger partial charge < -0.3 is 14.7 Å². The fourth-order valence-electron chi connectivity index (χ4n) is 4.30. The molecule has 1 saturated heterocycles. The Morgan fingerprint density at radius 1 is 1.06 bits per heavy atom. The molecule has 0 aliphatic carbocycles. The molecule has 0 spiro atoms. The van der Waals surface area contributed by atoms with E-state index in [0.29, 0.717) is 24.6 Å². The fraction of sp³-hybridized carbons (Fsp3) is 0.448. The van der Waals surface area contributed by atoms with Crippen molar-refractivity contribution in [3.05, 3.63) is 70.3 Å². The number of aryl methyl sites for hydroxylation is 2. The third kappa shape index (κ3) is 5.52. The van der Waals surface area contributed by atoms with E-state index in [2.05, 4.69) is 27.7 Å². The number of aliphatic hydroxyl groups is 1. The largest absolute Gasteiger partial charge is 0.507 e. The van der Waals surface area contributed by atoms with Crippen molar-refractivity contribution >= 4 is 17.4 Å². The smallest absolute Gasteiger partial charge is 0.295 e. The van der Waals surface area contributed by atoms with Gasteiger partial charge in [0.05, 0.1) is 18.2 Å². The average molecular weight is 464 g/mol. The quantitative estimate of drug-likeness (QED) is 0.197. The zero-order valence-electron chi connectivity index (χ0n) is 21.1. The lowest BCUT2D eigenvalue weighted by molar-refractivity contribution is -0.139. The lowest BCUT2D eigenvalue weighted by atomic mass is 9.94. The van der Waals surface area contributed by atoms with Crippen LogP contribution in [0.15, 0.2) is 48.0 Å². The molecule has 0 aromatic heterocycles. The Bertz CT molecular complexity index is 1050. The molecule has 1 atom stereocenters. The second kappa shape index (κ2) is 11.4. The molecule has 1 amide bonds. The van der Waals surface area contributed by atoms with Crippen molar-refractivity contribution in [1.29, 1.82) is 0 Å². The molecule has 0 radical (unpaired) electrons. The number of nitrogens with zero attached hydrogens (tertiary/aromatic N) is 1. The van der Waals surface area contributed by atoms with Crippen molar-refractivity contribution in [3.63, 3.8) is 0 Å². The van der Waals surface area contributed by atoms with Crippen LogP contribution in [0.25, 0.3) is 5.76 Å². The van der Waals surface area contributed by atoms with E-state index in [9.17, 15) is 14.7 Å². The van der Waals surface area contributed by atoms with Crippen molar-refractivity contribution in [2.75, 3.05) is 13.2 Å². The summed E-state index contributed by atoms with van der Waals surface area (Å²) in [7, 11) is 0. The van der Waals surface area contributed by atoms with Crippen molar-refractivity contribution < 1.29 is 19.4 Å². The summed E-state index contributed by atoms with van der Waals surface area (Å²) < 4.78 is 5.85. The van der Waals surface area contributed by atoms with E-state index < -0.39 is 17.7 Å². The number of Topliss-reactive ketones (excluding diaryl/α,β-unsaturated/α-hetero) is 1. The van der Waals surface area contributed by atoms with Gasteiger partial charge >= 0.3 is 0 Å². The van der Waals surface area contributed by atoms with Gasteiger partial charge in [-0.3, -0.25) is 9.59 Å². The highest BCUT2D eigenvalue weighted by Gasteiger charge is 2.45. The van der Waals surface area contributed by atoms with Gasteiger partial charge in [-0.25, -0.2) is 0 Å². The Kier molecular flexibility index (Phi) is 8.54. The van der Waals surface area contributed by atoms with Crippen LogP contribution in [0.4, 0.5) is 0 Å². The van der Waals surface area contributed by atoms with Crippen LogP contribution in [0.5, 0.6) is 5.75 Å². The summed E-state index contributed by atoms with van der Waals surface area (Å²) in [4.78, 5) is 27.8. The topological polar surface area (TPSA) is 66.8 Å². The van der Waals surface area contributed by atoms with E-state index >= 15 is 0 Å². The number of aliphatic hydroxyl groups excluding tert-OH is 1. The van der Waals surface area contributed by atoms with Gasteiger partial charge in [0.2, 0.25) is 0 Å². The van der Waals surface area contributed by atoms with Gasteiger partial charge in [0, 0.05) is 12.1 Å². The molecule has 1 unspecified atom stereocenters. The van der Waals surface area contributed by atoms with Gasteiger partial charge in [0.1, 0.15) is 11.5 Å². The number of benzene rings is 2. The average Bonchev–Trinajstić information content (AvgIpc) is 3.08. The summed E-state index contributed by atoms with van der Waals surface area (Å²) in [6, 6.07) is 12.7. The molecule has 0 bridgehead atoms. The molecule has 34 heavy (non-hydrogen) atoms. The number of hydrogen-bond donors (Lipinski definition) is 1. The van der Waals surface area contributed by atoms with Crippen LogP contribution in [0, 0.1) is 12.8 Å². The van der Waals surface area contributed by atoms with E-state index in [0.717, 1.165) is 42.6 Å². The molecule has 2 aromatic carbocycles. The standard InChI is InChI=1S/C29H37NO4/c1-6-8-9-16-30-26(22-12-10-21(7-2)11-13-22)25(28(32)29(30)33)27(31)23-14-15-24(20(5)17-23)34-18-19(3)4/h10-15,17,19,26,31H,6-9,16,18H2,1-5H3/b27-25-. The minimum absolute atomic E-state index is 0.139. The molecule has 1 aliphatic heterocycles. The summed E-state index contributed by atoms with van der Waals surface area (Å²) >= 11 is 0. The number of amides is 1. The minimum atomic E-state index is -0.628. The summed E-state index contributed by atoms with van der Waals surface area (Å²) in [6.45, 7) is 11.4. The zero-order valence-corrected chi connectivity index (χ0v) is 21.1. The molecule has 2 aromatic rings. The fourth-order valence-corrected chi connectivity index (χ4v) is 4.30. The van der Waals surface area contributed by atoms with Crippen molar-refractivity contribution in [2.24, 2.45) is 5.92 Å². The molecule has 182 valence electrons. The SMILES string of the molecule is CCCCCN1C(=O)C(=O)/C(=C(\O)c2ccc(OCC(C)C)c(C)c2)C1c1ccc(CC)cc1. The second-order valence-electron chi connectivity index (χ2n) is 9.48. The van der Waals surface area contributed by atoms with Gasteiger partial charge in [-0.05, 0) is 60.6 Å². The highest BCUT2D eigenvalue weighted by Crippen LogP contribution is 2.40. The molecular weight excluding hydrogens is 426 g/mol. The molecule has 3 rings (SSSR count). The van der Waals surface area contributed by atoms with Gasteiger partial charge in [0.15, 0.2) is 0 Å². The summed E-state index contributed by atoms with van der Waals surface area (Å²) in [6.07, 6.45) is 3.71. The molecule has 5 heteroatoms. The summed E-state index contributed by atoms with van der Waals surface area (Å²) in [5.74, 6) is -0.168. The van der Waals surface area contributed by atoms with Gasteiger partial charge in [-0.15, -0.1) is 0 Å². The van der Waals surface area contributed by atoms with Crippen LogP contribution < -0.4 is 4.74 Å². The maximum absolute atomic E-state index is 13.2. The molecule has 1 aliphatic rings. The Morgan fingerprint density at radius 2 is 1.76 bits per heavy atom. The summed E-state index contributed by atoms with van der Waals surface area (Å²) in [5.41, 5.74) is 3.55. The van der Waals surface area contributed by atoms with E-state index in [1.807, 2.05) is 43.3 Å². The molecular formula is C29H37NO4. The normalized spacial score (nSPS) is 17.6. The maximum Gasteiger partial charge on any atom is 0.295 e. The monoisotopic (exact) mass is 463 g/mol. The van der Waals surface area contributed by atoms with E-state index in [1.165, 1.54) is 5.56 Å². The highest BCUT2D eigenvalue weighted by molar-refractivity contribution is 6.46. The Hall–Kier alpha value is -3.08. The first-order valence-corrected chi connectivity index (χ1v) is 12.4. The predicted molar refractivity (Wildman–Crippen MR) is 136 cm³/mol. The van der Waals surface area contributed by atoms with E-state index in [-0.39, 0.29) is 11.3 Å². The second-order valence-corrected chi connectivity index (χ2v) is 9.48. The minimum Gasteiger partial charge on any atom is -0.507 e.